The topological polar surface area (TPSA) is 89.3 Å². The molecule has 1 atom stereocenters. The minimum atomic E-state index is -3.75. The smallest absolute Gasteiger partial charge is 0.238 e. The van der Waals surface area contributed by atoms with Crippen LogP contribution in [-0.2, 0) is 21.2 Å². The molecule has 5 nitrogen and oxygen atoms in total. The first-order chi connectivity index (χ1) is 11.3. The van der Waals surface area contributed by atoms with Crippen LogP contribution in [-0.4, -0.2) is 14.3 Å². The Hall–Kier alpha value is -2.18. The summed E-state index contributed by atoms with van der Waals surface area (Å²) in [5, 5.41) is 8.02. The van der Waals surface area contributed by atoms with E-state index in [1.807, 2.05) is 38.1 Å². The largest absolute Gasteiger partial charge is 0.350 e. The lowest BCUT2D eigenvalue weighted by molar-refractivity contribution is -0.121. The average Bonchev–Trinajstić information content (AvgIpc) is 2.53. The van der Waals surface area contributed by atoms with Gasteiger partial charge in [0.25, 0.3) is 0 Å². The molecular weight excluding hydrogens is 324 g/mol. The highest BCUT2D eigenvalue weighted by molar-refractivity contribution is 7.89. The first kappa shape index (κ1) is 18.2. The molecule has 0 saturated heterocycles. The zero-order chi connectivity index (χ0) is 17.7. The van der Waals surface area contributed by atoms with Crippen LogP contribution in [0, 0.1) is 6.92 Å². The van der Waals surface area contributed by atoms with Gasteiger partial charge in [-0.05, 0) is 43.5 Å². The number of sulfonamides is 1. The van der Waals surface area contributed by atoms with Crippen LogP contribution in [0.1, 0.15) is 36.1 Å². The summed E-state index contributed by atoms with van der Waals surface area (Å²) < 4.78 is 22.8. The Morgan fingerprint density at radius 1 is 1.17 bits per heavy atom. The summed E-state index contributed by atoms with van der Waals surface area (Å²) in [6, 6.07) is 14.1. The van der Waals surface area contributed by atoms with Gasteiger partial charge >= 0.3 is 0 Å². The molecule has 2 aromatic carbocycles. The molecule has 1 amide bonds. The third-order valence-corrected chi connectivity index (χ3v) is 4.74. The third-order valence-electron chi connectivity index (χ3n) is 3.83. The van der Waals surface area contributed by atoms with Crippen molar-refractivity contribution < 1.29 is 13.2 Å². The maximum absolute atomic E-state index is 12.1. The van der Waals surface area contributed by atoms with E-state index in [1.54, 1.807) is 12.1 Å². The molecule has 0 saturated carbocycles. The molecule has 0 heterocycles. The van der Waals surface area contributed by atoms with E-state index in [4.69, 9.17) is 5.14 Å². The van der Waals surface area contributed by atoms with Crippen LogP contribution in [0.5, 0.6) is 0 Å². The normalized spacial score (nSPS) is 12.6. The van der Waals surface area contributed by atoms with Gasteiger partial charge < -0.3 is 5.32 Å². The first-order valence-corrected chi connectivity index (χ1v) is 9.28. The van der Waals surface area contributed by atoms with E-state index in [2.05, 4.69) is 5.32 Å². The second kappa shape index (κ2) is 7.59. The lowest BCUT2D eigenvalue weighted by Crippen LogP contribution is -2.27. The van der Waals surface area contributed by atoms with Gasteiger partial charge in [-0.1, -0.05) is 42.0 Å². The molecule has 0 aliphatic heterocycles. The number of hydrogen-bond donors (Lipinski definition) is 2. The van der Waals surface area contributed by atoms with Crippen molar-refractivity contribution in [3.8, 4) is 0 Å². The van der Waals surface area contributed by atoms with Gasteiger partial charge in [-0.2, -0.15) is 0 Å². The monoisotopic (exact) mass is 346 g/mol. The van der Waals surface area contributed by atoms with Gasteiger partial charge in [-0.25, -0.2) is 13.6 Å². The Kier molecular flexibility index (Phi) is 5.75. The quantitative estimate of drug-likeness (QED) is 0.842. The third kappa shape index (κ3) is 5.18. The van der Waals surface area contributed by atoms with Gasteiger partial charge in [0, 0.05) is 6.42 Å². The summed E-state index contributed by atoms with van der Waals surface area (Å²) in [7, 11) is -3.75. The van der Waals surface area contributed by atoms with E-state index >= 15 is 0 Å². The number of rotatable bonds is 6. The number of carbonyl (C=O) groups excluding carboxylic acids is 1. The van der Waals surface area contributed by atoms with Crippen molar-refractivity contribution in [1.29, 1.82) is 0 Å². The van der Waals surface area contributed by atoms with Crippen molar-refractivity contribution in [2.24, 2.45) is 5.14 Å². The van der Waals surface area contributed by atoms with E-state index in [9.17, 15) is 13.2 Å². The van der Waals surface area contributed by atoms with Gasteiger partial charge in [0.05, 0.1) is 10.9 Å². The van der Waals surface area contributed by atoms with E-state index in [0.29, 0.717) is 18.4 Å². The van der Waals surface area contributed by atoms with Gasteiger partial charge in [0.2, 0.25) is 15.9 Å². The van der Waals surface area contributed by atoms with E-state index in [0.717, 1.165) is 5.56 Å². The number of aryl methyl sites for hydroxylation is 2. The second-order valence-electron chi connectivity index (χ2n) is 5.89. The predicted octanol–water partition coefficient (Wildman–Crippen LogP) is 2.45. The fourth-order valence-corrected chi connectivity index (χ4v) is 2.94. The molecule has 2 rings (SSSR count). The molecule has 0 aromatic heterocycles. The zero-order valence-electron chi connectivity index (χ0n) is 13.8. The van der Waals surface area contributed by atoms with Crippen LogP contribution < -0.4 is 10.5 Å². The van der Waals surface area contributed by atoms with Crippen LogP contribution in [0.2, 0.25) is 0 Å². The van der Waals surface area contributed by atoms with Crippen LogP contribution in [0.15, 0.2) is 53.4 Å². The van der Waals surface area contributed by atoms with Gasteiger partial charge in [0.15, 0.2) is 0 Å². The molecule has 6 heteroatoms. The van der Waals surface area contributed by atoms with E-state index < -0.39 is 10.0 Å². The number of nitrogens with one attached hydrogen (secondary N) is 1. The van der Waals surface area contributed by atoms with Crippen molar-refractivity contribution in [2.75, 3.05) is 0 Å². The second-order valence-corrected chi connectivity index (χ2v) is 7.45. The standard InChI is InChI=1S/C18H22N2O3S/c1-13-6-8-15(9-7-13)10-11-18(21)20-14(2)16-4-3-5-17(12-16)24(19,22)23/h3-9,12,14H,10-11H2,1-2H3,(H,20,21)(H2,19,22,23)/t14-/m0/s1. The summed E-state index contributed by atoms with van der Waals surface area (Å²) >= 11 is 0. The number of benzene rings is 2. The Balaban J connectivity index is 1.95. The Bertz CT molecular complexity index is 814. The van der Waals surface area contributed by atoms with Crippen molar-refractivity contribution in [1.82, 2.24) is 5.32 Å². The molecule has 0 bridgehead atoms. The average molecular weight is 346 g/mol. The molecule has 128 valence electrons. The Morgan fingerprint density at radius 2 is 1.83 bits per heavy atom. The lowest BCUT2D eigenvalue weighted by Gasteiger charge is -2.15. The van der Waals surface area contributed by atoms with E-state index in [1.165, 1.54) is 17.7 Å². The highest BCUT2D eigenvalue weighted by atomic mass is 32.2. The van der Waals surface area contributed by atoms with Crippen molar-refractivity contribution >= 4 is 15.9 Å². The summed E-state index contributed by atoms with van der Waals surface area (Å²) in [4.78, 5) is 12.1. The Morgan fingerprint density at radius 3 is 2.46 bits per heavy atom. The molecule has 3 N–H and O–H groups in total. The molecule has 0 aliphatic rings. The molecule has 0 aliphatic carbocycles. The highest BCUT2D eigenvalue weighted by Gasteiger charge is 2.13. The summed E-state index contributed by atoms with van der Waals surface area (Å²) in [5.74, 6) is -0.0796. The summed E-state index contributed by atoms with van der Waals surface area (Å²) in [6.07, 6.45) is 1.04. The highest BCUT2D eigenvalue weighted by Crippen LogP contribution is 2.17. The van der Waals surface area contributed by atoms with Gasteiger partial charge in [-0.3, -0.25) is 4.79 Å². The summed E-state index contributed by atoms with van der Waals surface area (Å²) in [6.45, 7) is 3.83. The van der Waals surface area contributed by atoms with Crippen LogP contribution in [0.3, 0.4) is 0 Å². The molecular formula is C18H22N2O3S. The fourth-order valence-electron chi connectivity index (χ4n) is 2.37. The lowest BCUT2D eigenvalue weighted by atomic mass is 10.1. The number of nitrogens with two attached hydrogens (primary N) is 1. The van der Waals surface area contributed by atoms with Crippen LogP contribution >= 0.6 is 0 Å². The predicted molar refractivity (Wildman–Crippen MR) is 93.9 cm³/mol. The minimum Gasteiger partial charge on any atom is -0.350 e. The van der Waals surface area contributed by atoms with Gasteiger partial charge in [0.1, 0.15) is 0 Å². The maximum Gasteiger partial charge on any atom is 0.238 e. The first-order valence-electron chi connectivity index (χ1n) is 7.73. The van der Waals surface area contributed by atoms with E-state index in [-0.39, 0.29) is 16.8 Å². The molecule has 24 heavy (non-hydrogen) atoms. The zero-order valence-corrected chi connectivity index (χ0v) is 14.6. The van der Waals surface area contributed by atoms with Crippen LogP contribution in [0.4, 0.5) is 0 Å². The number of carbonyl (C=O) groups is 1. The minimum absolute atomic E-state index is 0.0424. The molecule has 0 radical (unpaired) electrons. The number of primary sulfonamides is 1. The molecule has 2 aromatic rings. The Labute approximate surface area is 142 Å². The van der Waals surface area contributed by atoms with Crippen molar-refractivity contribution in [3.63, 3.8) is 0 Å². The SMILES string of the molecule is Cc1ccc(CCC(=O)N[C@@H](C)c2cccc(S(N)(=O)=O)c2)cc1. The maximum atomic E-state index is 12.1. The molecule has 0 unspecified atom stereocenters. The molecule has 0 spiro atoms. The number of hydrogen-bond acceptors (Lipinski definition) is 3. The van der Waals surface area contributed by atoms with Crippen molar-refractivity contribution in [3.05, 3.63) is 65.2 Å². The molecule has 0 fully saturated rings. The van der Waals surface area contributed by atoms with Crippen molar-refractivity contribution in [2.45, 2.75) is 37.6 Å². The number of amides is 1. The fraction of sp³-hybridized carbons (Fsp3) is 0.278. The van der Waals surface area contributed by atoms with Gasteiger partial charge in [-0.15, -0.1) is 0 Å². The van der Waals surface area contributed by atoms with Crippen LogP contribution in [0.25, 0.3) is 0 Å². The summed E-state index contributed by atoms with van der Waals surface area (Å²) in [5.41, 5.74) is 3.00.